The number of rotatable bonds is 3. The minimum atomic E-state index is 0.615. The van der Waals surface area contributed by atoms with Crippen LogP contribution in [-0.4, -0.2) is 54.1 Å². The summed E-state index contributed by atoms with van der Waals surface area (Å²) < 4.78 is 0. The van der Waals surface area contributed by atoms with E-state index in [0.717, 1.165) is 19.6 Å². The van der Waals surface area contributed by atoms with Crippen molar-refractivity contribution in [2.45, 2.75) is 25.8 Å². The van der Waals surface area contributed by atoms with Gasteiger partial charge in [0.2, 0.25) is 0 Å². The van der Waals surface area contributed by atoms with Crippen LogP contribution in [0, 0.1) is 0 Å². The second-order valence-electron chi connectivity index (χ2n) is 4.11. The van der Waals surface area contributed by atoms with Crippen LogP contribution >= 0.6 is 12.2 Å². The second kappa shape index (κ2) is 5.63. The summed E-state index contributed by atoms with van der Waals surface area (Å²) in [5.74, 6) is 0. The monoisotopic (exact) mass is 215 g/mol. The third-order valence-corrected chi connectivity index (χ3v) is 2.98. The first-order valence-corrected chi connectivity index (χ1v) is 5.75. The lowest BCUT2D eigenvalue weighted by Crippen LogP contribution is -2.43. The van der Waals surface area contributed by atoms with Gasteiger partial charge in [0.1, 0.15) is 0 Å². The normalized spacial score (nSPS) is 26.0. The molecule has 2 N–H and O–H groups in total. The molecule has 1 fully saturated rings. The Bertz CT molecular complexity index is 196. The van der Waals surface area contributed by atoms with Crippen LogP contribution in [0.25, 0.3) is 0 Å². The maximum Gasteiger partial charge on any atom is 0.0870 e. The largest absolute Gasteiger partial charge is 0.392 e. The summed E-state index contributed by atoms with van der Waals surface area (Å²) in [6, 6.07) is 0.615. The average Bonchev–Trinajstić information content (AvgIpc) is 2.27. The van der Waals surface area contributed by atoms with Crippen molar-refractivity contribution in [1.29, 1.82) is 0 Å². The molecule has 1 aliphatic rings. The summed E-state index contributed by atoms with van der Waals surface area (Å²) in [5, 5.41) is 0. The molecule has 0 saturated carbocycles. The predicted octanol–water partition coefficient (Wildman–Crippen LogP) is 0.689. The lowest BCUT2D eigenvalue weighted by molar-refractivity contribution is 0.206. The standard InChI is InChI=1S/C10H21N3S/c1-3-9-7-12(2)5-4-6-13(9)8-10(11)14/h9H,3-8H2,1-2H3,(H2,11,14). The predicted molar refractivity (Wildman–Crippen MR) is 64.6 cm³/mol. The van der Waals surface area contributed by atoms with Gasteiger partial charge in [-0.25, -0.2) is 0 Å². The first-order valence-electron chi connectivity index (χ1n) is 5.34. The fraction of sp³-hybridized carbons (Fsp3) is 0.900. The molecular weight excluding hydrogens is 194 g/mol. The third kappa shape index (κ3) is 3.52. The van der Waals surface area contributed by atoms with Crippen molar-refractivity contribution >= 4 is 17.2 Å². The average molecular weight is 215 g/mol. The van der Waals surface area contributed by atoms with Gasteiger partial charge in [0.15, 0.2) is 0 Å². The van der Waals surface area contributed by atoms with E-state index in [1.165, 1.54) is 19.4 Å². The van der Waals surface area contributed by atoms with Crippen LogP contribution in [0.1, 0.15) is 19.8 Å². The molecule has 0 aliphatic carbocycles. The van der Waals surface area contributed by atoms with Gasteiger partial charge in [0.25, 0.3) is 0 Å². The van der Waals surface area contributed by atoms with Crippen molar-refractivity contribution in [3.8, 4) is 0 Å². The Kier molecular flexibility index (Phi) is 4.78. The van der Waals surface area contributed by atoms with Gasteiger partial charge in [-0.15, -0.1) is 0 Å². The number of nitrogens with two attached hydrogens (primary N) is 1. The zero-order chi connectivity index (χ0) is 10.6. The molecular formula is C10H21N3S. The van der Waals surface area contributed by atoms with E-state index in [4.69, 9.17) is 18.0 Å². The zero-order valence-corrected chi connectivity index (χ0v) is 10.0. The number of nitrogens with zero attached hydrogens (tertiary/aromatic N) is 2. The van der Waals surface area contributed by atoms with Gasteiger partial charge in [-0.1, -0.05) is 19.1 Å². The molecule has 1 heterocycles. The summed E-state index contributed by atoms with van der Waals surface area (Å²) in [6.45, 7) is 6.46. The van der Waals surface area contributed by atoms with Gasteiger partial charge in [0, 0.05) is 25.7 Å². The van der Waals surface area contributed by atoms with Gasteiger partial charge in [-0.3, -0.25) is 4.90 Å². The smallest absolute Gasteiger partial charge is 0.0870 e. The van der Waals surface area contributed by atoms with Crippen molar-refractivity contribution in [2.24, 2.45) is 5.73 Å². The molecule has 3 nitrogen and oxygen atoms in total. The Hall–Kier alpha value is -0.190. The molecule has 0 radical (unpaired) electrons. The van der Waals surface area contributed by atoms with E-state index in [9.17, 15) is 0 Å². The van der Waals surface area contributed by atoms with Crippen molar-refractivity contribution < 1.29 is 0 Å². The van der Waals surface area contributed by atoms with E-state index in [-0.39, 0.29) is 0 Å². The number of hydrogen-bond donors (Lipinski definition) is 1. The fourth-order valence-electron chi connectivity index (χ4n) is 2.09. The molecule has 14 heavy (non-hydrogen) atoms. The van der Waals surface area contributed by atoms with E-state index in [1.807, 2.05) is 0 Å². The maximum absolute atomic E-state index is 5.60. The van der Waals surface area contributed by atoms with Crippen molar-refractivity contribution in [3.05, 3.63) is 0 Å². The van der Waals surface area contributed by atoms with Crippen LogP contribution in [0.3, 0.4) is 0 Å². The summed E-state index contributed by atoms with van der Waals surface area (Å²) >= 11 is 4.97. The van der Waals surface area contributed by atoms with Crippen LogP contribution in [0.2, 0.25) is 0 Å². The van der Waals surface area contributed by atoms with E-state index in [2.05, 4.69) is 23.8 Å². The highest BCUT2D eigenvalue weighted by atomic mass is 32.1. The first-order chi connectivity index (χ1) is 6.63. The van der Waals surface area contributed by atoms with Crippen LogP contribution in [0.5, 0.6) is 0 Å². The topological polar surface area (TPSA) is 32.5 Å². The highest BCUT2D eigenvalue weighted by Gasteiger charge is 2.21. The van der Waals surface area contributed by atoms with Gasteiger partial charge >= 0.3 is 0 Å². The summed E-state index contributed by atoms with van der Waals surface area (Å²) in [7, 11) is 2.19. The van der Waals surface area contributed by atoms with E-state index in [0.29, 0.717) is 11.0 Å². The molecule has 1 atom stereocenters. The SMILES string of the molecule is CCC1CN(C)CCCN1CC(N)=S. The van der Waals surface area contributed by atoms with Crippen molar-refractivity contribution in [1.82, 2.24) is 9.80 Å². The Morgan fingerprint density at radius 3 is 2.79 bits per heavy atom. The molecule has 1 saturated heterocycles. The number of likely N-dealkylation sites (N-methyl/N-ethyl adjacent to an activating group) is 1. The third-order valence-electron chi connectivity index (χ3n) is 2.85. The molecule has 0 spiro atoms. The molecule has 0 aromatic heterocycles. The summed E-state index contributed by atoms with van der Waals surface area (Å²) in [6.07, 6.45) is 2.39. The molecule has 4 heteroatoms. The van der Waals surface area contributed by atoms with Crippen molar-refractivity contribution in [3.63, 3.8) is 0 Å². The number of thiocarbonyl (C=S) groups is 1. The van der Waals surface area contributed by atoms with Gasteiger partial charge < -0.3 is 10.6 Å². The molecule has 1 unspecified atom stereocenters. The van der Waals surface area contributed by atoms with E-state index < -0.39 is 0 Å². The lowest BCUT2D eigenvalue weighted by Gasteiger charge is -2.29. The van der Waals surface area contributed by atoms with Crippen LogP contribution in [0.4, 0.5) is 0 Å². The van der Waals surface area contributed by atoms with Gasteiger partial charge in [-0.2, -0.15) is 0 Å². The molecule has 1 aliphatic heterocycles. The molecule has 0 bridgehead atoms. The quantitative estimate of drug-likeness (QED) is 0.702. The van der Waals surface area contributed by atoms with Crippen LogP contribution in [-0.2, 0) is 0 Å². The highest BCUT2D eigenvalue weighted by Crippen LogP contribution is 2.11. The Labute approximate surface area is 92.2 Å². The molecule has 0 amide bonds. The molecule has 0 aromatic rings. The Morgan fingerprint density at radius 1 is 1.50 bits per heavy atom. The van der Waals surface area contributed by atoms with E-state index in [1.54, 1.807) is 0 Å². The lowest BCUT2D eigenvalue weighted by atomic mass is 10.2. The fourth-order valence-corrected chi connectivity index (χ4v) is 2.25. The highest BCUT2D eigenvalue weighted by molar-refractivity contribution is 7.80. The molecule has 82 valence electrons. The van der Waals surface area contributed by atoms with E-state index >= 15 is 0 Å². The molecule has 1 rings (SSSR count). The Balaban J connectivity index is 2.56. The van der Waals surface area contributed by atoms with Crippen molar-refractivity contribution in [2.75, 3.05) is 33.2 Å². The number of hydrogen-bond acceptors (Lipinski definition) is 3. The zero-order valence-electron chi connectivity index (χ0n) is 9.20. The second-order valence-corrected chi connectivity index (χ2v) is 4.64. The van der Waals surface area contributed by atoms with Crippen LogP contribution in [0.15, 0.2) is 0 Å². The van der Waals surface area contributed by atoms with Gasteiger partial charge in [0.05, 0.1) is 4.99 Å². The minimum Gasteiger partial charge on any atom is -0.392 e. The van der Waals surface area contributed by atoms with Crippen LogP contribution < -0.4 is 5.73 Å². The minimum absolute atomic E-state index is 0.615. The molecule has 0 aromatic carbocycles. The first kappa shape index (κ1) is 11.9. The Morgan fingerprint density at radius 2 is 2.21 bits per heavy atom. The summed E-state index contributed by atoms with van der Waals surface area (Å²) in [5.41, 5.74) is 5.60. The van der Waals surface area contributed by atoms with Gasteiger partial charge in [-0.05, 0) is 26.4 Å². The summed E-state index contributed by atoms with van der Waals surface area (Å²) in [4.78, 5) is 5.44. The maximum atomic E-state index is 5.60.